The minimum Gasteiger partial charge on any atom is -0.395 e. The van der Waals surface area contributed by atoms with Crippen LogP contribution in [-0.2, 0) is 9.84 Å². The number of fused-ring (bicyclic) bond motifs is 1. The summed E-state index contributed by atoms with van der Waals surface area (Å²) >= 11 is 0. The van der Waals surface area contributed by atoms with E-state index >= 15 is 0 Å². The molecule has 27 heavy (non-hydrogen) atoms. The van der Waals surface area contributed by atoms with E-state index in [-0.39, 0.29) is 28.4 Å². The summed E-state index contributed by atoms with van der Waals surface area (Å²) in [6, 6.07) is 5.08. The van der Waals surface area contributed by atoms with Crippen LogP contribution < -0.4 is 5.32 Å². The van der Waals surface area contributed by atoms with Gasteiger partial charge in [0.15, 0.2) is 15.7 Å². The van der Waals surface area contributed by atoms with E-state index in [1.807, 2.05) is 0 Å². The van der Waals surface area contributed by atoms with Crippen molar-refractivity contribution in [1.29, 1.82) is 0 Å². The first-order chi connectivity index (χ1) is 12.8. The Morgan fingerprint density at radius 3 is 2.70 bits per heavy atom. The molecule has 1 amide bonds. The molecule has 1 aliphatic heterocycles. The number of likely N-dealkylation sites (tertiary alicyclic amines) is 1. The number of hydrogen-bond acceptors (Lipinski definition) is 6. The van der Waals surface area contributed by atoms with Gasteiger partial charge in [-0.1, -0.05) is 0 Å². The van der Waals surface area contributed by atoms with E-state index in [1.165, 1.54) is 12.1 Å². The first-order valence-electron chi connectivity index (χ1n) is 9.18. The molecule has 0 spiro atoms. The number of aliphatic hydroxyl groups is 1. The van der Waals surface area contributed by atoms with Gasteiger partial charge in [0.05, 0.1) is 28.3 Å². The smallest absolute Gasteiger partial charge is 0.287 e. The molecule has 0 atom stereocenters. The van der Waals surface area contributed by atoms with Gasteiger partial charge in [0.25, 0.3) is 5.91 Å². The van der Waals surface area contributed by atoms with E-state index < -0.39 is 16.4 Å². The molecule has 3 N–H and O–H groups in total. The molecule has 2 heterocycles. The lowest BCUT2D eigenvalue weighted by atomic mass is 10.0. The number of nitrogens with zero attached hydrogens (tertiary/aromatic N) is 2. The molecule has 1 fully saturated rings. The van der Waals surface area contributed by atoms with Crippen LogP contribution in [0.3, 0.4) is 0 Å². The number of piperidine rings is 1. The zero-order valence-electron chi connectivity index (χ0n) is 15.6. The van der Waals surface area contributed by atoms with Crippen LogP contribution in [0, 0.1) is 0 Å². The number of hydrogen-bond donors (Lipinski definition) is 3. The Morgan fingerprint density at radius 1 is 1.37 bits per heavy atom. The largest absolute Gasteiger partial charge is 0.395 e. The number of sulfone groups is 1. The highest BCUT2D eigenvalue weighted by Crippen LogP contribution is 2.19. The van der Waals surface area contributed by atoms with Crippen LogP contribution in [0.2, 0.25) is 0 Å². The molecule has 0 aliphatic carbocycles. The van der Waals surface area contributed by atoms with Gasteiger partial charge < -0.3 is 20.3 Å². The quantitative estimate of drug-likeness (QED) is 0.671. The summed E-state index contributed by atoms with van der Waals surface area (Å²) < 4.78 is 24.2. The average molecular weight is 394 g/mol. The highest BCUT2D eigenvalue weighted by molar-refractivity contribution is 7.91. The van der Waals surface area contributed by atoms with Crippen molar-refractivity contribution in [3.63, 3.8) is 0 Å². The van der Waals surface area contributed by atoms with Gasteiger partial charge in [-0.15, -0.1) is 0 Å². The van der Waals surface area contributed by atoms with Crippen molar-refractivity contribution < 1.29 is 18.3 Å². The molecule has 0 unspecified atom stereocenters. The fourth-order valence-electron chi connectivity index (χ4n) is 3.34. The predicted molar refractivity (Wildman–Crippen MR) is 102 cm³/mol. The van der Waals surface area contributed by atoms with Gasteiger partial charge >= 0.3 is 0 Å². The summed E-state index contributed by atoms with van der Waals surface area (Å²) in [5, 5.41) is 11.9. The molecule has 0 saturated carbocycles. The minimum atomic E-state index is -3.55. The number of aromatic nitrogens is 2. The summed E-state index contributed by atoms with van der Waals surface area (Å²) in [4.78, 5) is 22.2. The van der Waals surface area contributed by atoms with E-state index in [9.17, 15) is 13.2 Å². The van der Waals surface area contributed by atoms with Gasteiger partial charge in [0.2, 0.25) is 0 Å². The number of imidazole rings is 1. The van der Waals surface area contributed by atoms with Gasteiger partial charge in [-0.3, -0.25) is 4.79 Å². The Labute approximate surface area is 158 Å². The van der Waals surface area contributed by atoms with Gasteiger partial charge in [-0.25, -0.2) is 13.4 Å². The van der Waals surface area contributed by atoms with Crippen LogP contribution in [0.5, 0.6) is 0 Å². The number of nitrogens with one attached hydrogen (secondary N) is 2. The predicted octanol–water partition coefficient (Wildman–Crippen LogP) is 0.931. The Morgan fingerprint density at radius 2 is 2.07 bits per heavy atom. The maximum Gasteiger partial charge on any atom is 0.287 e. The number of rotatable bonds is 6. The lowest BCUT2D eigenvalue weighted by Gasteiger charge is -2.34. The summed E-state index contributed by atoms with van der Waals surface area (Å²) in [7, 11) is -3.55. The molecule has 9 heteroatoms. The summed E-state index contributed by atoms with van der Waals surface area (Å²) in [6.07, 6.45) is 1.79. The molecule has 0 radical (unpaired) electrons. The molecule has 1 aliphatic rings. The van der Waals surface area contributed by atoms with Crippen LogP contribution in [0.4, 0.5) is 0 Å². The molecule has 1 saturated heterocycles. The lowest BCUT2D eigenvalue weighted by molar-refractivity contribution is 0.0891. The second-order valence-electron chi connectivity index (χ2n) is 7.18. The fourth-order valence-corrected chi connectivity index (χ4v) is 4.39. The number of carbonyl (C=O) groups is 1. The second kappa shape index (κ2) is 7.95. The van der Waals surface area contributed by atoms with Crippen LogP contribution >= 0.6 is 0 Å². The third-order valence-electron chi connectivity index (χ3n) is 4.98. The van der Waals surface area contributed by atoms with Crippen molar-refractivity contribution in [3.05, 3.63) is 24.0 Å². The van der Waals surface area contributed by atoms with Crippen molar-refractivity contribution in [2.75, 3.05) is 25.4 Å². The van der Waals surface area contributed by atoms with E-state index in [2.05, 4.69) is 34.0 Å². The van der Waals surface area contributed by atoms with E-state index in [4.69, 9.17) is 5.11 Å². The van der Waals surface area contributed by atoms with Crippen LogP contribution in [0.15, 0.2) is 23.1 Å². The highest BCUT2D eigenvalue weighted by atomic mass is 32.2. The van der Waals surface area contributed by atoms with Crippen LogP contribution in [-0.4, -0.2) is 71.8 Å². The van der Waals surface area contributed by atoms with Crippen molar-refractivity contribution in [2.24, 2.45) is 0 Å². The molecule has 1 aromatic heterocycles. The van der Waals surface area contributed by atoms with Gasteiger partial charge in [0, 0.05) is 25.2 Å². The normalized spacial score (nSPS) is 16.9. The molecular formula is C18H26N4O4S. The molecule has 8 nitrogen and oxygen atoms in total. The summed E-state index contributed by atoms with van der Waals surface area (Å²) in [6.45, 7) is 5.81. The Balaban J connectivity index is 1.71. The van der Waals surface area contributed by atoms with E-state index in [1.54, 1.807) is 6.07 Å². The maximum absolute atomic E-state index is 12.5. The Bertz CT molecular complexity index is 915. The van der Waals surface area contributed by atoms with Crippen LogP contribution in [0.25, 0.3) is 11.0 Å². The maximum atomic E-state index is 12.5. The summed E-state index contributed by atoms with van der Waals surface area (Å²) in [5.74, 6) is -0.448. The standard InChI is InChI=1S/C18H26N4O4S/c1-12(2)22-7-5-13(6-8-22)19-18(24)17-20-15-4-3-14(11-16(15)21-17)27(25,26)10-9-23/h3-4,11-13,23H,5-10H2,1-2H3,(H,19,24)(H,20,21). The Kier molecular flexibility index (Phi) is 5.83. The molecule has 1 aromatic carbocycles. The van der Waals surface area contributed by atoms with Crippen molar-refractivity contribution >= 4 is 26.8 Å². The number of benzene rings is 1. The van der Waals surface area contributed by atoms with Gasteiger partial charge in [-0.05, 0) is 44.9 Å². The van der Waals surface area contributed by atoms with Crippen molar-refractivity contribution in [2.45, 2.75) is 43.7 Å². The zero-order chi connectivity index (χ0) is 19.6. The second-order valence-corrected chi connectivity index (χ2v) is 9.29. The molecule has 3 rings (SSSR count). The zero-order valence-corrected chi connectivity index (χ0v) is 16.4. The number of aromatic amines is 1. The van der Waals surface area contributed by atoms with E-state index in [0.29, 0.717) is 17.1 Å². The SMILES string of the molecule is CC(C)N1CCC(NC(=O)c2nc3ccc(S(=O)(=O)CCO)cc3[nH]2)CC1. The van der Waals surface area contributed by atoms with Crippen molar-refractivity contribution in [3.8, 4) is 0 Å². The molecule has 0 bridgehead atoms. The lowest BCUT2D eigenvalue weighted by Crippen LogP contribution is -2.46. The molecular weight excluding hydrogens is 368 g/mol. The fraction of sp³-hybridized carbons (Fsp3) is 0.556. The highest BCUT2D eigenvalue weighted by Gasteiger charge is 2.24. The number of aliphatic hydroxyl groups excluding tert-OH is 1. The topological polar surface area (TPSA) is 115 Å². The first-order valence-corrected chi connectivity index (χ1v) is 10.8. The molecule has 2 aromatic rings. The van der Waals surface area contributed by atoms with Gasteiger partial charge in [-0.2, -0.15) is 0 Å². The van der Waals surface area contributed by atoms with Crippen LogP contribution in [0.1, 0.15) is 37.3 Å². The first kappa shape index (κ1) is 19.8. The van der Waals surface area contributed by atoms with Crippen molar-refractivity contribution in [1.82, 2.24) is 20.2 Å². The van der Waals surface area contributed by atoms with E-state index in [0.717, 1.165) is 25.9 Å². The Hall–Kier alpha value is -1.97. The summed E-state index contributed by atoms with van der Waals surface area (Å²) in [5.41, 5.74) is 1.01. The third kappa shape index (κ3) is 4.48. The average Bonchev–Trinajstić information content (AvgIpc) is 3.05. The molecule has 148 valence electrons. The number of amides is 1. The number of H-pyrrole nitrogens is 1. The minimum absolute atomic E-state index is 0.0979. The third-order valence-corrected chi connectivity index (χ3v) is 6.67. The number of carbonyl (C=O) groups excluding carboxylic acids is 1. The van der Waals surface area contributed by atoms with Gasteiger partial charge in [0.1, 0.15) is 0 Å². The monoisotopic (exact) mass is 394 g/mol.